The van der Waals surface area contributed by atoms with E-state index in [0.717, 1.165) is 18.4 Å². The topological polar surface area (TPSA) is 88.7 Å². The number of hydrogen-bond donors (Lipinski definition) is 1. The number of carbonyl (C=O) groups excluding carboxylic acids is 2. The Balaban J connectivity index is 1.49. The van der Waals surface area contributed by atoms with Gasteiger partial charge < -0.3 is 19.3 Å². The predicted octanol–water partition coefficient (Wildman–Crippen LogP) is 1.15. The number of carbonyl (C=O) groups is 2. The van der Waals surface area contributed by atoms with Crippen LogP contribution >= 0.6 is 0 Å². The van der Waals surface area contributed by atoms with Gasteiger partial charge in [0.05, 0.1) is 18.3 Å². The Hall–Kier alpha value is -1.24. The number of ether oxygens (including phenoxy) is 3. The summed E-state index contributed by atoms with van der Waals surface area (Å²) < 4.78 is 17.8. The van der Waals surface area contributed by atoms with Crippen molar-refractivity contribution >= 4 is 11.8 Å². The van der Waals surface area contributed by atoms with Crippen molar-refractivity contribution in [2.45, 2.75) is 69.5 Å². The van der Waals surface area contributed by atoms with Gasteiger partial charge in [-0.1, -0.05) is 20.8 Å². The van der Waals surface area contributed by atoms with Crippen LogP contribution in [-0.4, -0.2) is 53.0 Å². The maximum absolute atomic E-state index is 12.8. The van der Waals surface area contributed by atoms with Crippen LogP contribution in [0.15, 0.2) is 11.1 Å². The maximum atomic E-state index is 12.8. The molecule has 0 aromatic heterocycles. The smallest absolute Gasteiger partial charge is 0.342 e. The van der Waals surface area contributed by atoms with Crippen LogP contribution < -0.4 is 0 Å². The number of Topliss-reactive ketones (excluding diaryl/α,β-unsaturated/α-hetero) is 1. The lowest BCUT2D eigenvalue weighted by atomic mass is 9.46. The Bertz CT molecular complexity index is 800. The van der Waals surface area contributed by atoms with Crippen LogP contribution in [0.1, 0.15) is 40.0 Å². The van der Waals surface area contributed by atoms with Crippen LogP contribution in [0, 0.1) is 23.2 Å². The van der Waals surface area contributed by atoms with Gasteiger partial charge in [-0.25, -0.2) is 4.79 Å². The predicted molar refractivity (Wildman–Crippen MR) is 88.0 cm³/mol. The van der Waals surface area contributed by atoms with Gasteiger partial charge >= 0.3 is 5.97 Å². The highest BCUT2D eigenvalue weighted by Crippen LogP contribution is 2.79. The summed E-state index contributed by atoms with van der Waals surface area (Å²) in [4.78, 5) is 24.9. The molecule has 1 N–H and O–H groups in total. The Morgan fingerprint density at radius 2 is 1.92 bits per heavy atom. The monoisotopic (exact) mass is 360 g/mol. The molecule has 6 nitrogen and oxygen atoms in total. The molecule has 0 bridgehead atoms. The van der Waals surface area contributed by atoms with Gasteiger partial charge in [-0.2, -0.15) is 0 Å². The summed E-state index contributed by atoms with van der Waals surface area (Å²) in [6, 6.07) is 0. The van der Waals surface area contributed by atoms with Crippen molar-refractivity contribution < 1.29 is 28.9 Å². The number of fused-ring (bicyclic) bond motifs is 2. The number of aliphatic hydroxyl groups excluding tert-OH is 1. The zero-order chi connectivity index (χ0) is 18.2. The minimum Gasteiger partial charge on any atom is -0.457 e. The Labute approximate surface area is 151 Å². The van der Waals surface area contributed by atoms with E-state index in [0.29, 0.717) is 5.92 Å². The molecule has 4 fully saturated rings. The summed E-state index contributed by atoms with van der Waals surface area (Å²) in [6.45, 7) is 6.57. The number of epoxide rings is 2. The molecule has 3 aliphatic carbocycles. The molecule has 26 heavy (non-hydrogen) atoms. The Kier molecular flexibility index (Phi) is 2.59. The first-order chi connectivity index (χ1) is 12.3. The summed E-state index contributed by atoms with van der Waals surface area (Å²) in [6.07, 6.45) is 1.16. The van der Waals surface area contributed by atoms with Gasteiger partial charge in [0.2, 0.25) is 0 Å². The summed E-state index contributed by atoms with van der Waals surface area (Å²) in [7, 11) is 0. The summed E-state index contributed by atoms with van der Waals surface area (Å²) in [5, 5.41) is 11.2. The van der Waals surface area contributed by atoms with Crippen LogP contribution in [0.4, 0.5) is 0 Å². The van der Waals surface area contributed by atoms with Crippen LogP contribution in [0.5, 0.6) is 0 Å². The van der Waals surface area contributed by atoms with E-state index in [1.807, 2.05) is 0 Å². The van der Waals surface area contributed by atoms with E-state index in [1.165, 1.54) is 0 Å². The molecule has 0 aromatic rings. The minimum absolute atomic E-state index is 0.0177. The van der Waals surface area contributed by atoms with Crippen molar-refractivity contribution in [2.24, 2.45) is 23.2 Å². The highest BCUT2D eigenvalue weighted by atomic mass is 16.7. The van der Waals surface area contributed by atoms with Crippen LogP contribution in [-0.2, 0) is 23.8 Å². The molecular formula is C20H24O6. The normalized spacial score (nSPS) is 56.3. The average Bonchev–Trinajstić information content (AvgIpc) is 3.44. The molecule has 2 saturated carbocycles. The third kappa shape index (κ3) is 1.37. The van der Waals surface area contributed by atoms with Crippen molar-refractivity contribution in [3.05, 3.63) is 11.1 Å². The van der Waals surface area contributed by atoms with Gasteiger partial charge in [0.25, 0.3) is 0 Å². The minimum atomic E-state index is -0.683. The van der Waals surface area contributed by atoms with E-state index in [9.17, 15) is 14.7 Å². The molecule has 3 aliphatic heterocycles. The van der Waals surface area contributed by atoms with Gasteiger partial charge in [0.15, 0.2) is 11.4 Å². The fourth-order valence-corrected chi connectivity index (χ4v) is 7.18. The summed E-state index contributed by atoms with van der Waals surface area (Å²) >= 11 is 0. The molecule has 0 amide bonds. The Morgan fingerprint density at radius 1 is 1.15 bits per heavy atom. The van der Waals surface area contributed by atoms with Crippen LogP contribution in [0.3, 0.4) is 0 Å². The van der Waals surface area contributed by atoms with Gasteiger partial charge in [-0.15, -0.1) is 0 Å². The standard InChI is InChI=1S/C20H24O6/c1-8(2)9-4-14-20(26-14)18(3)6-12(21)15-10(7-24-17(15)23)11(18)5-13-19(20,25-13)16(9)22/h8-9,11,13-14,16,22H,4-7H2,1-3H3/t9?,11?,13-,14-,16+,18-,19+,20+/m0/s1. The number of cyclic esters (lactones) is 1. The van der Waals surface area contributed by atoms with Crippen LogP contribution in [0.25, 0.3) is 0 Å². The zero-order valence-corrected chi connectivity index (χ0v) is 15.3. The Morgan fingerprint density at radius 3 is 2.65 bits per heavy atom. The average molecular weight is 360 g/mol. The molecule has 2 unspecified atom stereocenters. The van der Waals surface area contributed by atoms with Crippen molar-refractivity contribution in [1.29, 1.82) is 0 Å². The largest absolute Gasteiger partial charge is 0.457 e. The van der Waals surface area contributed by atoms with Crippen molar-refractivity contribution in [3.8, 4) is 0 Å². The van der Waals surface area contributed by atoms with Gasteiger partial charge in [0, 0.05) is 11.8 Å². The maximum Gasteiger partial charge on any atom is 0.342 e. The first-order valence-corrected chi connectivity index (χ1v) is 9.75. The van der Waals surface area contributed by atoms with E-state index in [4.69, 9.17) is 14.2 Å². The fourth-order valence-electron chi connectivity index (χ4n) is 7.18. The van der Waals surface area contributed by atoms with E-state index >= 15 is 0 Å². The SMILES string of the molecule is CC(C)C1C[C@@H]2O[C@]23[C@]2(O[C@H]2CC2C4=C(C(=O)C[C@@]23C)C(=O)OC4)[C@@H]1O. The molecule has 6 heteroatoms. The van der Waals surface area contributed by atoms with Gasteiger partial charge in [-0.3, -0.25) is 4.79 Å². The molecular weight excluding hydrogens is 336 g/mol. The second-order valence-electron chi connectivity index (χ2n) is 9.61. The summed E-state index contributed by atoms with van der Waals surface area (Å²) in [5.74, 6) is -0.0871. The zero-order valence-electron chi connectivity index (χ0n) is 15.3. The molecule has 140 valence electrons. The fraction of sp³-hybridized carbons (Fsp3) is 0.800. The molecule has 6 aliphatic rings. The van der Waals surface area contributed by atoms with Crippen LogP contribution in [0.2, 0.25) is 0 Å². The van der Waals surface area contributed by atoms with Crippen molar-refractivity contribution in [1.82, 2.24) is 0 Å². The molecule has 2 saturated heterocycles. The number of ketones is 1. The number of rotatable bonds is 1. The molecule has 8 atom stereocenters. The molecule has 3 heterocycles. The lowest BCUT2D eigenvalue weighted by Gasteiger charge is -2.53. The third-order valence-corrected chi connectivity index (χ3v) is 8.43. The second-order valence-corrected chi connectivity index (χ2v) is 9.61. The first-order valence-electron chi connectivity index (χ1n) is 9.75. The molecule has 0 aromatic carbocycles. The highest BCUT2D eigenvalue weighted by molar-refractivity contribution is 6.20. The highest BCUT2D eigenvalue weighted by Gasteiger charge is 2.93. The van der Waals surface area contributed by atoms with Gasteiger partial charge in [0.1, 0.15) is 17.8 Å². The number of hydrogen-bond acceptors (Lipinski definition) is 6. The van der Waals surface area contributed by atoms with E-state index in [2.05, 4.69) is 20.8 Å². The third-order valence-electron chi connectivity index (χ3n) is 8.43. The van der Waals surface area contributed by atoms with E-state index in [-0.39, 0.29) is 48.4 Å². The molecule has 2 spiro atoms. The number of aliphatic hydroxyl groups is 1. The lowest BCUT2D eigenvalue weighted by Crippen LogP contribution is -2.67. The number of esters is 1. The van der Waals surface area contributed by atoms with E-state index < -0.39 is 28.7 Å². The first kappa shape index (κ1) is 15.8. The lowest BCUT2D eigenvalue weighted by molar-refractivity contribution is -0.138. The molecule has 0 radical (unpaired) electrons. The summed E-state index contributed by atoms with van der Waals surface area (Å²) in [5.41, 5.74) is -0.652. The molecule has 6 rings (SSSR count). The van der Waals surface area contributed by atoms with Crippen molar-refractivity contribution in [2.75, 3.05) is 6.61 Å². The van der Waals surface area contributed by atoms with Crippen molar-refractivity contribution in [3.63, 3.8) is 0 Å². The van der Waals surface area contributed by atoms with E-state index in [1.54, 1.807) is 0 Å². The second kappa shape index (κ2) is 4.26. The van der Waals surface area contributed by atoms with Gasteiger partial charge in [-0.05, 0) is 36.2 Å². The quantitative estimate of drug-likeness (QED) is 0.429.